The van der Waals surface area contributed by atoms with Gasteiger partial charge in [0, 0.05) is 34.7 Å². The average molecular weight is 267 g/mol. The van der Waals surface area contributed by atoms with Crippen molar-refractivity contribution in [2.24, 2.45) is 0 Å². The van der Waals surface area contributed by atoms with Crippen LogP contribution in [0.2, 0.25) is 0 Å². The zero-order valence-electron chi connectivity index (χ0n) is 11.3. The molecule has 0 unspecified atom stereocenters. The van der Waals surface area contributed by atoms with E-state index in [1.807, 2.05) is 19.9 Å². The topological polar surface area (TPSA) is 46.2 Å². The van der Waals surface area contributed by atoms with Crippen molar-refractivity contribution < 1.29 is 9.59 Å². The molecule has 0 aromatic carbocycles. The van der Waals surface area contributed by atoms with Crippen LogP contribution in [0.25, 0.3) is 0 Å². The Morgan fingerprint density at radius 2 is 2.00 bits per heavy atom. The Hall–Kier alpha value is -1.16. The van der Waals surface area contributed by atoms with Crippen molar-refractivity contribution in [1.29, 1.82) is 0 Å². The van der Waals surface area contributed by atoms with E-state index in [0.717, 1.165) is 28.2 Å². The third-order valence-electron chi connectivity index (χ3n) is 2.77. The van der Waals surface area contributed by atoms with Crippen molar-refractivity contribution in [2.75, 3.05) is 6.54 Å². The number of aryl methyl sites for hydroxylation is 2. The van der Waals surface area contributed by atoms with Crippen LogP contribution in [0.1, 0.15) is 52.7 Å². The van der Waals surface area contributed by atoms with E-state index in [1.54, 1.807) is 11.3 Å². The maximum Gasteiger partial charge on any atom is 0.220 e. The first-order chi connectivity index (χ1) is 8.54. The molecule has 0 atom stereocenters. The molecule has 1 aromatic heterocycles. The second kappa shape index (κ2) is 7.31. The van der Waals surface area contributed by atoms with E-state index in [0.29, 0.717) is 13.0 Å². The van der Waals surface area contributed by atoms with Gasteiger partial charge in [-0.2, -0.15) is 0 Å². The van der Waals surface area contributed by atoms with Crippen LogP contribution in [-0.4, -0.2) is 18.2 Å². The fourth-order valence-corrected chi connectivity index (χ4v) is 2.70. The molecule has 0 aliphatic heterocycles. The maximum atomic E-state index is 11.9. The highest BCUT2D eigenvalue weighted by atomic mass is 32.1. The summed E-state index contributed by atoms with van der Waals surface area (Å²) in [7, 11) is 0. The minimum atomic E-state index is -0.0265. The van der Waals surface area contributed by atoms with Crippen molar-refractivity contribution in [3.05, 3.63) is 21.4 Å². The molecule has 1 rings (SSSR count). The zero-order chi connectivity index (χ0) is 13.5. The first-order valence-corrected chi connectivity index (χ1v) is 7.23. The van der Waals surface area contributed by atoms with Gasteiger partial charge in [0.15, 0.2) is 5.78 Å². The average Bonchev–Trinajstić information content (AvgIpc) is 2.66. The van der Waals surface area contributed by atoms with Crippen LogP contribution in [0.3, 0.4) is 0 Å². The van der Waals surface area contributed by atoms with E-state index in [9.17, 15) is 9.59 Å². The highest BCUT2D eigenvalue weighted by Gasteiger charge is 2.13. The number of rotatable bonds is 7. The molecule has 0 aliphatic carbocycles. The normalized spacial score (nSPS) is 10.4. The van der Waals surface area contributed by atoms with Gasteiger partial charge in [0.25, 0.3) is 0 Å². The first kappa shape index (κ1) is 14.9. The smallest absolute Gasteiger partial charge is 0.220 e. The molecule has 0 fully saturated rings. The number of ketones is 1. The minimum Gasteiger partial charge on any atom is -0.356 e. The second-order valence-electron chi connectivity index (χ2n) is 4.45. The second-order valence-corrected chi connectivity index (χ2v) is 5.91. The SMILES string of the molecule is CCCCNC(=O)CCC(=O)c1cc(C)sc1C. The lowest BCUT2D eigenvalue weighted by molar-refractivity contribution is -0.121. The molecule has 1 aromatic rings. The lowest BCUT2D eigenvalue weighted by Crippen LogP contribution is -2.24. The zero-order valence-corrected chi connectivity index (χ0v) is 12.2. The van der Waals surface area contributed by atoms with E-state index in [-0.39, 0.29) is 18.1 Å². The Kier molecular flexibility index (Phi) is 6.05. The van der Waals surface area contributed by atoms with Crippen LogP contribution < -0.4 is 5.32 Å². The molecular formula is C14H21NO2S. The van der Waals surface area contributed by atoms with Crippen LogP contribution >= 0.6 is 11.3 Å². The summed E-state index contributed by atoms with van der Waals surface area (Å²) in [6.45, 7) is 6.73. The summed E-state index contributed by atoms with van der Waals surface area (Å²) in [6, 6.07) is 1.91. The highest BCUT2D eigenvalue weighted by Crippen LogP contribution is 2.22. The minimum absolute atomic E-state index is 0.0265. The van der Waals surface area contributed by atoms with Gasteiger partial charge in [-0.05, 0) is 26.3 Å². The van der Waals surface area contributed by atoms with Gasteiger partial charge in [-0.15, -0.1) is 11.3 Å². The summed E-state index contributed by atoms with van der Waals surface area (Å²) in [6.07, 6.45) is 2.64. The van der Waals surface area contributed by atoms with Crippen molar-refractivity contribution in [3.63, 3.8) is 0 Å². The Labute approximate surface area is 113 Å². The van der Waals surface area contributed by atoms with Crippen molar-refractivity contribution in [2.45, 2.75) is 46.5 Å². The quantitative estimate of drug-likeness (QED) is 0.609. The predicted octanol–water partition coefficient (Wildman–Crippen LogP) is 3.24. The number of hydrogen-bond donors (Lipinski definition) is 1. The number of hydrogen-bond acceptors (Lipinski definition) is 3. The molecule has 0 radical (unpaired) electrons. The maximum absolute atomic E-state index is 11.9. The summed E-state index contributed by atoms with van der Waals surface area (Å²) in [5.41, 5.74) is 0.777. The number of carbonyl (C=O) groups is 2. The molecule has 0 saturated carbocycles. The first-order valence-electron chi connectivity index (χ1n) is 6.41. The van der Waals surface area contributed by atoms with Crippen LogP contribution in [0.15, 0.2) is 6.07 Å². The van der Waals surface area contributed by atoms with Crippen molar-refractivity contribution >= 4 is 23.0 Å². The summed E-state index contributed by atoms with van der Waals surface area (Å²) >= 11 is 1.63. The van der Waals surface area contributed by atoms with E-state index >= 15 is 0 Å². The fourth-order valence-electron chi connectivity index (χ4n) is 1.76. The summed E-state index contributed by atoms with van der Waals surface area (Å²) < 4.78 is 0. The molecule has 1 heterocycles. The number of thiophene rings is 1. The molecule has 0 spiro atoms. The van der Waals surface area contributed by atoms with Crippen molar-refractivity contribution in [3.8, 4) is 0 Å². The van der Waals surface area contributed by atoms with E-state index < -0.39 is 0 Å². The summed E-state index contributed by atoms with van der Waals surface area (Å²) in [5.74, 6) is 0.0453. The number of carbonyl (C=O) groups excluding carboxylic acids is 2. The fraction of sp³-hybridized carbons (Fsp3) is 0.571. The Morgan fingerprint density at radius 3 is 2.56 bits per heavy atom. The van der Waals surface area contributed by atoms with E-state index in [1.165, 1.54) is 0 Å². The van der Waals surface area contributed by atoms with Gasteiger partial charge in [-0.3, -0.25) is 9.59 Å². The third kappa shape index (κ3) is 4.61. The summed E-state index contributed by atoms with van der Waals surface area (Å²) in [5, 5.41) is 2.82. The number of nitrogens with one attached hydrogen (secondary N) is 1. The Bertz CT molecular complexity index is 423. The Balaban J connectivity index is 2.37. The van der Waals surface area contributed by atoms with Crippen LogP contribution in [-0.2, 0) is 4.79 Å². The summed E-state index contributed by atoms with van der Waals surface area (Å²) in [4.78, 5) is 25.6. The van der Waals surface area contributed by atoms with Gasteiger partial charge in [0.2, 0.25) is 5.91 Å². The molecule has 3 nitrogen and oxygen atoms in total. The lowest BCUT2D eigenvalue weighted by atomic mass is 10.1. The monoisotopic (exact) mass is 267 g/mol. The van der Waals surface area contributed by atoms with Gasteiger partial charge in [-0.25, -0.2) is 0 Å². The van der Waals surface area contributed by atoms with E-state index in [4.69, 9.17) is 0 Å². The van der Waals surface area contributed by atoms with Gasteiger partial charge in [0.05, 0.1) is 0 Å². The number of amides is 1. The molecule has 1 amide bonds. The van der Waals surface area contributed by atoms with Gasteiger partial charge < -0.3 is 5.32 Å². The van der Waals surface area contributed by atoms with Gasteiger partial charge >= 0.3 is 0 Å². The van der Waals surface area contributed by atoms with Crippen LogP contribution in [0, 0.1) is 13.8 Å². The Morgan fingerprint density at radius 1 is 1.28 bits per heavy atom. The van der Waals surface area contributed by atoms with Crippen LogP contribution in [0.5, 0.6) is 0 Å². The van der Waals surface area contributed by atoms with Gasteiger partial charge in [-0.1, -0.05) is 13.3 Å². The molecule has 1 N–H and O–H groups in total. The molecule has 4 heteroatoms. The molecular weight excluding hydrogens is 246 g/mol. The molecule has 18 heavy (non-hydrogen) atoms. The molecule has 0 saturated heterocycles. The highest BCUT2D eigenvalue weighted by molar-refractivity contribution is 7.12. The molecule has 0 bridgehead atoms. The third-order valence-corrected chi connectivity index (χ3v) is 3.74. The lowest BCUT2D eigenvalue weighted by Gasteiger charge is -2.03. The number of unbranched alkanes of at least 4 members (excludes halogenated alkanes) is 1. The standard InChI is InChI=1S/C14H21NO2S/c1-4-5-8-15-14(17)7-6-13(16)12-9-10(2)18-11(12)3/h9H,4-8H2,1-3H3,(H,15,17). The van der Waals surface area contributed by atoms with E-state index in [2.05, 4.69) is 12.2 Å². The largest absolute Gasteiger partial charge is 0.356 e. The van der Waals surface area contributed by atoms with Gasteiger partial charge in [0.1, 0.15) is 0 Å². The molecule has 100 valence electrons. The van der Waals surface area contributed by atoms with Crippen LogP contribution in [0.4, 0.5) is 0 Å². The van der Waals surface area contributed by atoms with Crippen molar-refractivity contribution in [1.82, 2.24) is 5.32 Å². The molecule has 0 aliphatic rings. The number of Topliss-reactive ketones (excluding diaryl/α,β-unsaturated/α-hetero) is 1. The predicted molar refractivity (Wildman–Crippen MR) is 75.3 cm³/mol.